The van der Waals surface area contributed by atoms with Gasteiger partial charge in [-0.05, 0) is 37.3 Å². The number of thiazole rings is 1. The molecule has 30 heavy (non-hydrogen) atoms. The Labute approximate surface area is 172 Å². The van der Waals surface area contributed by atoms with E-state index < -0.39 is 17.6 Å². The topological polar surface area (TPSA) is 81.9 Å². The number of anilines is 1. The number of carbonyl (C=O) groups is 1. The molecule has 1 amide bonds. The van der Waals surface area contributed by atoms with Crippen molar-refractivity contribution in [3.05, 3.63) is 59.5 Å². The second kappa shape index (κ2) is 7.41. The number of alkyl halides is 3. The maximum absolute atomic E-state index is 12.7. The predicted octanol–water partition coefficient (Wildman–Crippen LogP) is 4.47. The van der Waals surface area contributed by atoms with Gasteiger partial charge < -0.3 is 4.74 Å². The van der Waals surface area contributed by atoms with E-state index in [1.165, 1.54) is 28.3 Å². The first-order chi connectivity index (χ1) is 14.3. The van der Waals surface area contributed by atoms with E-state index in [0.717, 1.165) is 22.5 Å². The second-order valence-corrected chi connectivity index (χ2v) is 7.30. The maximum Gasteiger partial charge on any atom is 0.417 e. The summed E-state index contributed by atoms with van der Waals surface area (Å²) in [6, 6.07) is 7.50. The zero-order chi connectivity index (χ0) is 21.5. The fourth-order valence-electron chi connectivity index (χ4n) is 2.79. The number of pyridine rings is 1. The van der Waals surface area contributed by atoms with E-state index in [0.29, 0.717) is 16.6 Å². The number of hydrogen-bond donors (Lipinski definition) is 1. The Morgan fingerprint density at radius 2 is 2.00 bits per heavy atom. The lowest BCUT2D eigenvalue weighted by atomic mass is 10.2. The smallest absolute Gasteiger partial charge is 0.417 e. The third-order valence-electron chi connectivity index (χ3n) is 4.36. The van der Waals surface area contributed by atoms with Gasteiger partial charge in [0.1, 0.15) is 5.75 Å². The number of rotatable bonds is 4. The summed E-state index contributed by atoms with van der Waals surface area (Å²) in [6.07, 6.45) is -2.41. The van der Waals surface area contributed by atoms with E-state index in [4.69, 9.17) is 4.74 Å². The van der Waals surface area contributed by atoms with E-state index in [-0.39, 0.29) is 11.4 Å². The molecule has 0 aliphatic rings. The van der Waals surface area contributed by atoms with Crippen molar-refractivity contribution in [2.24, 2.45) is 0 Å². The molecule has 0 radical (unpaired) electrons. The monoisotopic (exact) mass is 433 g/mol. The van der Waals surface area contributed by atoms with Gasteiger partial charge in [0, 0.05) is 6.20 Å². The molecule has 0 saturated heterocycles. The predicted molar refractivity (Wildman–Crippen MR) is 105 cm³/mol. The summed E-state index contributed by atoms with van der Waals surface area (Å²) in [5, 5.41) is 7.22. The summed E-state index contributed by atoms with van der Waals surface area (Å²) in [5.74, 6) is 0.425. The van der Waals surface area contributed by atoms with Crippen molar-refractivity contribution in [3.63, 3.8) is 0 Å². The van der Waals surface area contributed by atoms with Crippen LogP contribution < -0.4 is 10.1 Å². The lowest BCUT2D eigenvalue weighted by Gasteiger charge is -2.08. The Kier molecular flexibility index (Phi) is 4.90. The van der Waals surface area contributed by atoms with Gasteiger partial charge in [0.15, 0.2) is 10.9 Å². The Morgan fingerprint density at radius 3 is 2.67 bits per heavy atom. The summed E-state index contributed by atoms with van der Waals surface area (Å²) in [4.78, 5) is 20.8. The summed E-state index contributed by atoms with van der Waals surface area (Å²) in [6.45, 7) is 1.63. The quantitative estimate of drug-likeness (QED) is 0.514. The standard InChI is InChI=1S/C19H14F3N5O2S/c1-10-13(9-24-27(10)16-6-3-11(8-23-16)19(20,21)22)17(28)26-18-25-14-5-4-12(29-2)7-15(14)30-18/h3-9H,1-2H3,(H,25,26,28). The molecule has 0 atom stereocenters. The zero-order valence-electron chi connectivity index (χ0n) is 15.7. The van der Waals surface area contributed by atoms with Crippen molar-refractivity contribution in [2.45, 2.75) is 13.1 Å². The van der Waals surface area contributed by atoms with Crippen LogP contribution in [0.1, 0.15) is 21.6 Å². The number of nitrogens with one attached hydrogen (secondary N) is 1. The number of hydrogen-bond acceptors (Lipinski definition) is 6. The van der Waals surface area contributed by atoms with Gasteiger partial charge in [-0.3, -0.25) is 10.1 Å². The maximum atomic E-state index is 12.7. The fraction of sp³-hybridized carbons (Fsp3) is 0.158. The zero-order valence-corrected chi connectivity index (χ0v) is 16.5. The molecule has 154 valence electrons. The molecule has 0 bridgehead atoms. The Balaban J connectivity index is 1.56. The fourth-order valence-corrected chi connectivity index (χ4v) is 3.68. The minimum atomic E-state index is -4.48. The molecule has 3 aromatic heterocycles. The summed E-state index contributed by atoms with van der Waals surface area (Å²) in [5.41, 5.74) is 0.551. The molecule has 1 aromatic carbocycles. The van der Waals surface area contributed by atoms with Crippen LogP contribution in [0.3, 0.4) is 0 Å². The van der Waals surface area contributed by atoms with Gasteiger partial charge >= 0.3 is 6.18 Å². The van der Waals surface area contributed by atoms with E-state index in [1.807, 2.05) is 6.07 Å². The third-order valence-corrected chi connectivity index (χ3v) is 5.30. The van der Waals surface area contributed by atoms with Crippen LogP contribution in [0.4, 0.5) is 18.3 Å². The summed E-state index contributed by atoms with van der Waals surface area (Å²) in [7, 11) is 1.57. The molecule has 0 aliphatic carbocycles. The number of fused-ring (bicyclic) bond motifs is 1. The number of halogens is 3. The molecule has 0 aliphatic heterocycles. The molecule has 1 N–H and O–H groups in total. The number of benzene rings is 1. The van der Waals surface area contributed by atoms with Crippen molar-refractivity contribution in [3.8, 4) is 11.6 Å². The Hall–Kier alpha value is -3.47. The van der Waals surface area contributed by atoms with Crippen molar-refractivity contribution in [1.29, 1.82) is 0 Å². The summed E-state index contributed by atoms with van der Waals surface area (Å²) >= 11 is 1.29. The molecule has 0 spiro atoms. The molecule has 11 heteroatoms. The van der Waals surface area contributed by atoms with Crippen LogP contribution in [0.5, 0.6) is 5.75 Å². The van der Waals surface area contributed by atoms with E-state index >= 15 is 0 Å². The first kappa shape index (κ1) is 19.8. The third kappa shape index (κ3) is 3.71. The number of methoxy groups -OCH3 is 1. The average molecular weight is 433 g/mol. The molecule has 7 nitrogen and oxygen atoms in total. The van der Waals surface area contributed by atoms with Crippen LogP contribution in [-0.4, -0.2) is 32.8 Å². The first-order valence-electron chi connectivity index (χ1n) is 8.60. The highest BCUT2D eigenvalue weighted by molar-refractivity contribution is 7.22. The molecule has 4 rings (SSSR count). The first-order valence-corrected chi connectivity index (χ1v) is 9.42. The lowest BCUT2D eigenvalue weighted by Crippen LogP contribution is -2.13. The highest BCUT2D eigenvalue weighted by atomic mass is 32.1. The molecule has 0 saturated carbocycles. The normalized spacial score (nSPS) is 11.6. The molecular weight excluding hydrogens is 419 g/mol. The van der Waals surface area contributed by atoms with Gasteiger partial charge in [0.25, 0.3) is 5.91 Å². The van der Waals surface area contributed by atoms with Crippen molar-refractivity contribution >= 4 is 32.6 Å². The Morgan fingerprint density at radius 1 is 1.20 bits per heavy atom. The van der Waals surface area contributed by atoms with Crippen LogP contribution in [0, 0.1) is 6.92 Å². The van der Waals surface area contributed by atoms with Gasteiger partial charge in [0.2, 0.25) is 0 Å². The molecular formula is C19H14F3N5O2S. The van der Waals surface area contributed by atoms with Crippen LogP contribution in [0.25, 0.3) is 16.0 Å². The van der Waals surface area contributed by atoms with Crippen LogP contribution >= 0.6 is 11.3 Å². The van der Waals surface area contributed by atoms with Crippen LogP contribution in [0.2, 0.25) is 0 Å². The minimum absolute atomic E-state index is 0.173. The van der Waals surface area contributed by atoms with Gasteiger partial charge in [-0.25, -0.2) is 14.6 Å². The minimum Gasteiger partial charge on any atom is -0.497 e. The number of nitrogens with zero attached hydrogens (tertiary/aromatic N) is 4. The van der Waals surface area contributed by atoms with Crippen LogP contribution in [0.15, 0.2) is 42.7 Å². The number of amides is 1. The van der Waals surface area contributed by atoms with Gasteiger partial charge in [-0.1, -0.05) is 11.3 Å². The summed E-state index contributed by atoms with van der Waals surface area (Å²) < 4.78 is 45.5. The number of ether oxygens (including phenoxy) is 1. The van der Waals surface area contributed by atoms with Gasteiger partial charge in [-0.15, -0.1) is 0 Å². The van der Waals surface area contributed by atoms with E-state index in [1.54, 1.807) is 26.2 Å². The molecule has 4 aromatic rings. The largest absolute Gasteiger partial charge is 0.497 e. The highest BCUT2D eigenvalue weighted by Crippen LogP contribution is 2.30. The average Bonchev–Trinajstić information content (AvgIpc) is 3.29. The molecule has 0 fully saturated rings. The lowest BCUT2D eigenvalue weighted by molar-refractivity contribution is -0.137. The van der Waals surface area contributed by atoms with Crippen molar-refractivity contribution < 1.29 is 22.7 Å². The van der Waals surface area contributed by atoms with Crippen molar-refractivity contribution in [1.82, 2.24) is 19.7 Å². The van der Waals surface area contributed by atoms with Crippen LogP contribution in [-0.2, 0) is 6.18 Å². The van der Waals surface area contributed by atoms with E-state index in [2.05, 4.69) is 20.4 Å². The van der Waals surface area contributed by atoms with Crippen molar-refractivity contribution in [2.75, 3.05) is 12.4 Å². The SMILES string of the molecule is COc1ccc2nc(NC(=O)c3cnn(-c4ccc(C(F)(F)F)cn4)c3C)sc2c1. The number of carbonyl (C=O) groups excluding carboxylic acids is 1. The van der Waals surface area contributed by atoms with Gasteiger partial charge in [-0.2, -0.15) is 18.3 Å². The second-order valence-electron chi connectivity index (χ2n) is 6.27. The van der Waals surface area contributed by atoms with Gasteiger partial charge in [0.05, 0.1) is 40.3 Å². The van der Waals surface area contributed by atoms with E-state index in [9.17, 15) is 18.0 Å². The highest BCUT2D eigenvalue weighted by Gasteiger charge is 2.30. The molecule has 0 unspecified atom stereocenters. The molecule has 3 heterocycles. The number of aromatic nitrogens is 4. The Bertz CT molecular complexity index is 1230.